The maximum atomic E-state index is 5.16. The third-order valence-electron chi connectivity index (χ3n) is 3.45. The van der Waals surface area contributed by atoms with Gasteiger partial charge in [-0.3, -0.25) is 0 Å². The zero-order valence-corrected chi connectivity index (χ0v) is 12.9. The summed E-state index contributed by atoms with van der Waals surface area (Å²) in [6.45, 7) is 3.90. The van der Waals surface area contributed by atoms with Crippen molar-refractivity contribution in [1.29, 1.82) is 0 Å². The minimum Gasteiger partial charge on any atom is -0.497 e. The van der Waals surface area contributed by atoms with E-state index in [1.807, 2.05) is 12.1 Å². The largest absolute Gasteiger partial charge is 0.497 e. The second-order valence-corrected chi connectivity index (χ2v) is 5.25. The first kappa shape index (κ1) is 15.5. The number of hydrogen-bond acceptors (Lipinski definition) is 3. The van der Waals surface area contributed by atoms with E-state index in [1.165, 1.54) is 11.1 Å². The topological polar surface area (TPSA) is 24.5 Å². The number of benzene rings is 2. The molecule has 0 fully saturated rings. The van der Waals surface area contributed by atoms with Gasteiger partial charge in [-0.15, -0.1) is 0 Å². The van der Waals surface area contributed by atoms with Gasteiger partial charge in [0.1, 0.15) is 5.75 Å². The van der Waals surface area contributed by atoms with Gasteiger partial charge in [-0.25, -0.2) is 0 Å². The number of nitrogens with one attached hydrogen (secondary N) is 1. The highest BCUT2D eigenvalue weighted by Crippen LogP contribution is 2.10. The molecule has 1 N–H and O–H groups in total. The van der Waals surface area contributed by atoms with E-state index in [-0.39, 0.29) is 0 Å². The molecule has 0 unspecified atom stereocenters. The van der Waals surface area contributed by atoms with Crippen molar-refractivity contribution in [2.24, 2.45) is 0 Å². The van der Waals surface area contributed by atoms with E-state index in [1.54, 1.807) is 7.11 Å². The Morgan fingerprint density at radius 3 is 2.33 bits per heavy atom. The van der Waals surface area contributed by atoms with Crippen LogP contribution in [0, 0.1) is 0 Å². The first-order chi connectivity index (χ1) is 10.3. The molecule has 0 heterocycles. The Kier molecular flexibility index (Phi) is 6.25. The smallest absolute Gasteiger partial charge is 0.118 e. The van der Waals surface area contributed by atoms with Gasteiger partial charge in [-0.2, -0.15) is 0 Å². The van der Waals surface area contributed by atoms with Crippen molar-refractivity contribution in [2.45, 2.75) is 13.1 Å². The standard InChI is InChI=1S/C18H24N2O/c1-20(15-17-6-4-3-5-7-17)13-12-19-14-16-8-10-18(21-2)11-9-16/h3-11,19H,12-15H2,1-2H3. The van der Waals surface area contributed by atoms with Crippen molar-refractivity contribution in [2.75, 3.05) is 27.2 Å². The Morgan fingerprint density at radius 2 is 1.67 bits per heavy atom. The molecule has 3 nitrogen and oxygen atoms in total. The predicted molar refractivity (Wildman–Crippen MR) is 87.5 cm³/mol. The molecule has 0 saturated heterocycles. The fraction of sp³-hybridized carbons (Fsp3) is 0.333. The van der Waals surface area contributed by atoms with Gasteiger partial charge in [0, 0.05) is 26.2 Å². The zero-order valence-electron chi connectivity index (χ0n) is 12.9. The second-order valence-electron chi connectivity index (χ2n) is 5.25. The second kappa shape index (κ2) is 8.45. The number of likely N-dealkylation sites (N-methyl/N-ethyl adjacent to an activating group) is 1. The summed E-state index contributed by atoms with van der Waals surface area (Å²) in [6, 6.07) is 18.8. The van der Waals surface area contributed by atoms with Gasteiger partial charge in [0.05, 0.1) is 7.11 Å². The molecule has 0 aliphatic carbocycles. The lowest BCUT2D eigenvalue weighted by Gasteiger charge is -2.17. The Bertz CT molecular complexity index is 511. The molecule has 0 aliphatic rings. The summed E-state index contributed by atoms with van der Waals surface area (Å²) in [5, 5.41) is 3.47. The van der Waals surface area contributed by atoms with E-state index in [0.717, 1.165) is 31.9 Å². The Hall–Kier alpha value is -1.84. The van der Waals surface area contributed by atoms with Crippen LogP contribution in [0.4, 0.5) is 0 Å². The number of ether oxygens (including phenoxy) is 1. The Labute approximate surface area is 127 Å². The molecule has 2 rings (SSSR count). The van der Waals surface area contributed by atoms with Crippen LogP contribution in [0.3, 0.4) is 0 Å². The lowest BCUT2D eigenvalue weighted by atomic mass is 10.2. The monoisotopic (exact) mass is 284 g/mol. The molecule has 112 valence electrons. The number of hydrogen-bond donors (Lipinski definition) is 1. The molecule has 21 heavy (non-hydrogen) atoms. The van der Waals surface area contributed by atoms with E-state index in [9.17, 15) is 0 Å². The third-order valence-corrected chi connectivity index (χ3v) is 3.45. The molecule has 3 heteroatoms. The molecule has 0 radical (unpaired) electrons. The molecule has 0 saturated carbocycles. The molecule has 0 amide bonds. The summed E-state index contributed by atoms with van der Waals surface area (Å²) < 4.78 is 5.16. The lowest BCUT2D eigenvalue weighted by molar-refractivity contribution is 0.324. The van der Waals surface area contributed by atoms with Gasteiger partial charge in [-0.1, -0.05) is 42.5 Å². The molecule has 0 aromatic heterocycles. The van der Waals surface area contributed by atoms with E-state index >= 15 is 0 Å². The maximum absolute atomic E-state index is 5.16. The molecular weight excluding hydrogens is 260 g/mol. The normalized spacial score (nSPS) is 10.8. The van der Waals surface area contributed by atoms with Crippen LogP contribution in [0.1, 0.15) is 11.1 Å². The number of rotatable bonds is 8. The van der Waals surface area contributed by atoms with Gasteiger partial charge >= 0.3 is 0 Å². The molecular formula is C18H24N2O. The van der Waals surface area contributed by atoms with Crippen molar-refractivity contribution in [3.05, 3.63) is 65.7 Å². The summed E-state index contributed by atoms with van der Waals surface area (Å²) in [5.74, 6) is 0.904. The van der Waals surface area contributed by atoms with Gasteiger partial charge in [0.2, 0.25) is 0 Å². The van der Waals surface area contributed by atoms with Crippen molar-refractivity contribution in [3.8, 4) is 5.75 Å². The van der Waals surface area contributed by atoms with Gasteiger partial charge in [-0.05, 0) is 30.3 Å². The minimum absolute atomic E-state index is 0.892. The molecule has 0 bridgehead atoms. The van der Waals surface area contributed by atoms with E-state index < -0.39 is 0 Å². The van der Waals surface area contributed by atoms with E-state index in [4.69, 9.17) is 4.74 Å². The Balaban J connectivity index is 1.64. The quantitative estimate of drug-likeness (QED) is 0.754. The van der Waals surface area contributed by atoms with Gasteiger partial charge in [0.25, 0.3) is 0 Å². The summed E-state index contributed by atoms with van der Waals surface area (Å²) in [7, 11) is 3.85. The highest BCUT2D eigenvalue weighted by molar-refractivity contribution is 5.27. The van der Waals surface area contributed by atoms with Crippen LogP contribution in [-0.4, -0.2) is 32.1 Å². The first-order valence-corrected chi connectivity index (χ1v) is 7.34. The van der Waals surface area contributed by atoms with Crippen molar-refractivity contribution >= 4 is 0 Å². The van der Waals surface area contributed by atoms with Crippen LogP contribution in [0.2, 0.25) is 0 Å². The fourth-order valence-electron chi connectivity index (χ4n) is 2.22. The molecule has 0 spiro atoms. The van der Waals surface area contributed by atoms with Crippen molar-refractivity contribution in [1.82, 2.24) is 10.2 Å². The molecule has 0 atom stereocenters. The van der Waals surface area contributed by atoms with Gasteiger partial charge < -0.3 is 15.0 Å². The summed E-state index contributed by atoms with van der Waals surface area (Å²) in [4.78, 5) is 2.33. The lowest BCUT2D eigenvalue weighted by Crippen LogP contribution is -2.28. The van der Waals surface area contributed by atoms with Crippen LogP contribution < -0.4 is 10.1 Å². The van der Waals surface area contributed by atoms with Crippen LogP contribution in [0.25, 0.3) is 0 Å². The first-order valence-electron chi connectivity index (χ1n) is 7.34. The predicted octanol–water partition coefficient (Wildman–Crippen LogP) is 2.92. The average Bonchev–Trinajstić information content (AvgIpc) is 2.53. The van der Waals surface area contributed by atoms with Crippen LogP contribution >= 0.6 is 0 Å². The molecule has 2 aromatic rings. The fourth-order valence-corrected chi connectivity index (χ4v) is 2.22. The van der Waals surface area contributed by atoms with Crippen molar-refractivity contribution in [3.63, 3.8) is 0 Å². The summed E-state index contributed by atoms with van der Waals surface area (Å²) >= 11 is 0. The molecule has 2 aromatic carbocycles. The summed E-state index contributed by atoms with van der Waals surface area (Å²) in [5.41, 5.74) is 2.64. The number of methoxy groups -OCH3 is 1. The zero-order chi connectivity index (χ0) is 14.9. The van der Waals surface area contributed by atoms with E-state index in [0.29, 0.717) is 0 Å². The number of nitrogens with zero attached hydrogens (tertiary/aromatic N) is 1. The molecule has 0 aliphatic heterocycles. The highest BCUT2D eigenvalue weighted by atomic mass is 16.5. The van der Waals surface area contributed by atoms with Gasteiger partial charge in [0.15, 0.2) is 0 Å². The van der Waals surface area contributed by atoms with E-state index in [2.05, 4.69) is 59.7 Å². The van der Waals surface area contributed by atoms with Crippen LogP contribution in [-0.2, 0) is 13.1 Å². The van der Waals surface area contributed by atoms with Crippen LogP contribution in [0.15, 0.2) is 54.6 Å². The summed E-state index contributed by atoms with van der Waals surface area (Å²) in [6.07, 6.45) is 0. The Morgan fingerprint density at radius 1 is 0.952 bits per heavy atom. The average molecular weight is 284 g/mol. The minimum atomic E-state index is 0.892. The van der Waals surface area contributed by atoms with Crippen molar-refractivity contribution < 1.29 is 4.74 Å². The third kappa shape index (κ3) is 5.58. The van der Waals surface area contributed by atoms with Crippen LogP contribution in [0.5, 0.6) is 5.75 Å². The maximum Gasteiger partial charge on any atom is 0.118 e. The SMILES string of the molecule is COc1ccc(CNCCN(C)Cc2ccccc2)cc1. The highest BCUT2D eigenvalue weighted by Gasteiger charge is 2.00.